The highest BCUT2D eigenvalue weighted by Crippen LogP contribution is 2.44. The van der Waals surface area contributed by atoms with E-state index < -0.39 is 17.8 Å². The zero-order chi connectivity index (χ0) is 15.3. The average Bonchev–Trinajstić information content (AvgIpc) is 2.82. The topological polar surface area (TPSA) is 47.1 Å². The third-order valence-electron chi connectivity index (χ3n) is 3.11. The van der Waals surface area contributed by atoms with Crippen molar-refractivity contribution >= 4 is 34.2 Å². The molecule has 1 aliphatic heterocycles. The Bertz CT molecular complexity index is 642. The summed E-state index contributed by atoms with van der Waals surface area (Å²) in [4.78, 5) is 6.46. The predicted molar refractivity (Wildman–Crippen MR) is 70.4 cm³/mol. The number of rotatable bonds is 1. The molecule has 0 unspecified atom stereocenters. The lowest BCUT2D eigenvalue weighted by Gasteiger charge is -2.36. The molecule has 1 aliphatic rings. The van der Waals surface area contributed by atoms with Crippen LogP contribution in [0.5, 0.6) is 0 Å². The minimum atomic E-state index is -4.77. The van der Waals surface area contributed by atoms with Gasteiger partial charge in [-0.2, -0.15) is 13.2 Å². The molecule has 0 saturated carbocycles. The van der Waals surface area contributed by atoms with E-state index in [9.17, 15) is 13.2 Å². The van der Waals surface area contributed by atoms with Gasteiger partial charge in [0.25, 0.3) is 0 Å². The second-order valence-corrected chi connectivity index (χ2v) is 5.35. The van der Waals surface area contributed by atoms with Crippen LogP contribution < -0.4 is 0 Å². The predicted octanol–water partition coefficient (Wildman–Crippen LogP) is 4.02. The van der Waals surface area contributed by atoms with Gasteiger partial charge in [0.15, 0.2) is 5.82 Å². The number of aromatic amines is 1. The van der Waals surface area contributed by atoms with Gasteiger partial charge >= 0.3 is 12.0 Å². The van der Waals surface area contributed by atoms with Crippen molar-refractivity contribution in [2.45, 2.75) is 18.4 Å². The highest BCUT2D eigenvalue weighted by atomic mass is 35.5. The molecule has 1 aromatic heterocycles. The van der Waals surface area contributed by atoms with E-state index in [4.69, 9.17) is 32.7 Å². The summed E-state index contributed by atoms with van der Waals surface area (Å²) in [5, 5.41) is 0.416. The van der Waals surface area contributed by atoms with Gasteiger partial charge in [0, 0.05) is 0 Å². The number of hydrogen-bond donors (Lipinski definition) is 1. The smallest absolute Gasteiger partial charge is 0.337 e. The number of hydrogen-bond acceptors (Lipinski definition) is 3. The highest BCUT2D eigenvalue weighted by molar-refractivity contribution is 6.42. The minimum absolute atomic E-state index is 0.0714. The van der Waals surface area contributed by atoms with Gasteiger partial charge in [-0.1, -0.05) is 23.2 Å². The summed E-state index contributed by atoms with van der Waals surface area (Å²) in [6.45, 7) is -0.143. The molecule has 0 aliphatic carbocycles. The van der Waals surface area contributed by atoms with Gasteiger partial charge < -0.3 is 14.5 Å². The number of H-pyrrole nitrogens is 1. The third kappa shape index (κ3) is 2.38. The van der Waals surface area contributed by atoms with Gasteiger partial charge in [-0.05, 0) is 18.6 Å². The first-order chi connectivity index (χ1) is 9.83. The van der Waals surface area contributed by atoms with Crippen molar-refractivity contribution in [1.29, 1.82) is 0 Å². The van der Waals surface area contributed by atoms with Crippen LogP contribution in [0.1, 0.15) is 12.2 Å². The Balaban J connectivity index is 2.16. The van der Waals surface area contributed by atoms with Crippen LogP contribution in [-0.2, 0) is 15.3 Å². The van der Waals surface area contributed by atoms with E-state index in [1.165, 1.54) is 12.1 Å². The quantitative estimate of drug-likeness (QED) is 0.852. The molecule has 0 atom stereocenters. The van der Waals surface area contributed by atoms with Crippen molar-refractivity contribution in [3.8, 4) is 0 Å². The van der Waals surface area contributed by atoms with Gasteiger partial charge in [-0.3, -0.25) is 0 Å². The fraction of sp³-hybridized carbons (Fsp3) is 0.417. The van der Waals surface area contributed by atoms with Gasteiger partial charge in [0.2, 0.25) is 0 Å². The first kappa shape index (κ1) is 14.9. The highest BCUT2D eigenvalue weighted by Gasteiger charge is 2.62. The SMILES string of the molecule is FC(F)(F)C1(c2nc3cc(Cl)c(Cl)cc3[nH]2)OCCCO1. The van der Waals surface area contributed by atoms with Crippen LogP contribution in [0.3, 0.4) is 0 Å². The van der Waals surface area contributed by atoms with Gasteiger partial charge in [0.05, 0.1) is 34.3 Å². The lowest BCUT2D eigenvalue weighted by Crippen LogP contribution is -2.50. The van der Waals surface area contributed by atoms with E-state index in [0.717, 1.165) is 0 Å². The number of nitrogens with one attached hydrogen (secondary N) is 1. The molecule has 0 spiro atoms. The second kappa shape index (κ2) is 5.01. The molecule has 0 amide bonds. The maximum atomic E-state index is 13.4. The number of aromatic nitrogens is 2. The van der Waals surface area contributed by atoms with Gasteiger partial charge in [-0.25, -0.2) is 4.98 Å². The average molecular weight is 341 g/mol. The summed E-state index contributed by atoms with van der Waals surface area (Å²) in [7, 11) is 0. The third-order valence-corrected chi connectivity index (χ3v) is 3.83. The Labute approximate surface area is 127 Å². The number of halogens is 5. The molecule has 2 aromatic rings. The first-order valence-corrected chi connectivity index (χ1v) is 6.79. The van der Waals surface area contributed by atoms with Crippen LogP contribution in [0, 0.1) is 0 Å². The standard InChI is InChI=1S/C12H9Cl2F3N2O2/c13-6-4-8-9(5-7(6)14)19-10(18-8)11(12(15,16)17)20-2-1-3-21-11/h4-5H,1-3H2,(H,18,19). The molecule has 1 saturated heterocycles. The lowest BCUT2D eigenvalue weighted by atomic mass is 10.2. The molecule has 0 bridgehead atoms. The molecule has 0 radical (unpaired) electrons. The van der Waals surface area contributed by atoms with E-state index in [2.05, 4.69) is 9.97 Å². The summed E-state index contributed by atoms with van der Waals surface area (Å²) in [6, 6.07) is 2.79. The van der Waals surface area contributed by atoms with E-state index in [1.807, 2.05) is 0 Å². The molecular weight excluding hydrogens is 332 g/mol. The Morgan fingerprint density at radius 1 is 1.14 bits per heavy atom. The van der Waals surface area contributed by atoms with Gasteiger partial charge in [-0.15, -0.1) is 0 Å². The second-order valence-electron chi connectivity index (χ2n) is 4.53. The largest absolute Gasteiger partial charge is 0.451 e. The fourth-order valence-electron chi connectivity index (χ4n) is 2.13. The minimum Gasteiger partial charge on any atom is -0.337 e. The van der Waals surface area contributed by atoms with Crippen molar-refractivity contribution in [3.05, 3.63) is 28.0 Å². The van der Waals surface area contributed by atoms with Crippen LogP contribution in [0.25, 0.3) is 11.0 Å². The number of alkyl halides is 3. The van der Waals surface area contributed by atoms with Gasteiger partial charge in [0.1, 0.15) is 0 Å². The number of fused-ring (bicyclic) bond motifs is 1. The Hall–Kier alpha value is -1.02. The zero-order valence-electron chi connectivity index (χ0n) is 10.4. The van der Waals surface area contributed by atoms with Crippen LogP contribution in [0.15, 0.2) is 12.1 Å². The summed E-state index contributed by atoms with van der Waals surface area (Å²) >= 11 is 11.7. The van der Waals surface area contributed by atoms with E-state index in [-0.39, 0.29) is 28.8 Å². The van der Waals surface area contributed by atoms with Crippen molar-refractivity contribution in [1.82, 2.24) is 9.97 Å². The Morgan fingerprint density at radius 3 is 2.38 bits per heavy atom. The fourth-order valence-corrected chi connectivity index (χ4v) is 2.45. The molecule has 9 heteroatoms. The molecular formula is C12H9Cl2F3N2O2. The summed E-state index contributed by atoms with van der Waals surface area (Å²) < 4.78 is 50.0. The molecule has 114 valence electrons. The van der Waals surface area contributed by atoms with Crippen molar-refractivity contribution < 1.29 is 22.6 Å². The Morgan fingerprint density at radius 2 is 1.76 bits per heavy atom. The van der Waals surface area contributed by atoms with Crippen molar-refractivity contribution in [2.24, 2.45) is 0 Å². The van der Waals surface area contributed by atoms with Crippen LogP contribution in [0.4, 0.5) is 13.2 Å². The van der Waals surface area contributed by atoms with Crippen molar-refractivity contribution in [3.63, 3.8) is 0 Å². The van der Waals surface area contributed by atoms with Crippen LogP contribution in [0.2, 0.25) is 10.0 Å². The van der Waals surface area contributed by atoms with E-state index >= 15 is 0 Å². The summed E-state index contributed by atoms with van der Waals surface area (Å²) in [5.41, 5.74) is 0.571. The number of imidazole rings is 1. The Kier molecular flexibility index (Phi) is 3.56. The maximum Gasteiger partial charge on any atom is 0.451 e. The van der Waals surface area contributed by atoms with Crippen molar-refractivity contribution in [2.75, 3.05) is 13.2 Å². The monoisotopic (exact) mass is 340 g/mol. The van der Waals surface area contributed by atoms with E-state index in [0.29, 0.717) is 11.9 Å². The van der Waals surface area contributed by atoms with Crippen LogP contribution in [-0.4, -0.2) is 29.4 Å². The maximum absolute atomic E-state index is 13.4. The zero-order valence-corrected chi connectivity index (χ0v) is 11.9. The molecule has 2 heterocycles. The molecule has 1 aromatic carbocycles. The molecule has 1 N–H and O–H groups in total. The van der Waals surface area contributed by atoms with Crippen LogP contribution >= 0.6 is 23.2 Å². The lowest BCUT2D eigenvalue weighted by molar-refractivity contribution is -0.409. The normalized spacial score (nSPS) is 19.1. The first-order valence-electron chi connectivity index (χ1n) is 6.03. The van der Waals surface area contributed by atoms with E-state index in [1.54, 1.807) is 0 Å². The number of nitrogens with zero attached hydrogens (tertiary/aromatic N) is 1. The summed E-state index contributed by atoms with van der Waals surface area (Å²) in [6.07, 6.45) is -4.38. The number of benzene rings is 1. The number of ether oxygens (including phenoxy) is 2. The molecule has 4 nitrogen and oxygen atoms in total. The molecule has 1 fully saturated rings. The summed E-state index contributed by atoms with van der Waals surface area (Å²) in [5.74, 6) is -3.36. The molecule has 21 heavy (non-hydrogen) atoms. The molecule has 3 rings (SSSR count).